The van der Waals surface area contributed by atoms with Gasteiger partial charge in [0.2, 0.25) is 5.91 Å². The highest BCUT2D eigenvalue weighted by atomic mass is 16.2. The molecule has 0 bridgehead atoms. The molecule has 132 valence electrons. The number of rotatable bonds is 5. The largest absolute Gasteiger partial charge is 0.356 e. The van der Waals surface area contributed by atoms with Crippen molar-refractivity contribution in [2.45, 2.75) is 32.1 Å². The molecule has 2 N–H and O–H groups in total. The van der Waals surface area contributed by atoms with Crippen molar-refractivity contribution >= 4 is 11.9 Å². The van der Waals surface area contributed by atoms with E-state index < -0.39 is 0 Å². The fourth-order valence-corrected chi connectivity index (χ4v) is 3.90. The third-order valence-corrected chi connectivity index (χ3v) is 5.29. The molecule has 1 heterocycles. The quantitative estimate of drug-likeness (QED) is 0.579. The molecule has 0 aromatic heterocycles. The zero-order valence-corrected chi connectivity index (χ0v) is 15.2. The standard InChI is InChI=1S/C17H33N5O/c1-18-16(19-11-14-7-10-22(4)12-14)20-13-17(8-5-6-9-17)15(23)21(2)3/h14H,5-13H2,1-4H3,(H2,18,19,20). The van der Waals surface area contributed by atoms with Crippen LogP contribution in [-0.4, -0.2) is 76.0 Å². The maximum Gasteiger partial charge on any atom is 0.230 e. The van der Waals surface area contributed by atoms with Crippen LogP contribution in [0.2, 0.25) is 0 Å². The van der Waals surface area contributed by atoms with E-state index in [1.807, 2.05) is 14.1 Å². The molecule has 0 aromatic rings. The molecule has 1 unspecified atom stereocenters. The molecule has 0 radical (unpaired) electrons. The van der Waals surface area contributed by atoms with E-state index in [1.165, 1.54) is 13.0 Å². The zero-order chi connectivity index (χ0) is 16.9. The molecule has 1 atom stereocenters. The Bertz CT molecular complexity index is 429. The maximum atomic E-state index is 12.6. The van der Waals surface area contributed by atoms with Gasteiger partial charge in [-0.1, -0.05) is 12.8 Å². The van der Waals surface area contributed by atoms with Crippen molar-refractivity contribution in [2.24, 2.45) is 16.3 Å². The Balaban J connectivity index is 1.84. The van der Waals surface area contributed by atoms with Crippen LogP contribution in [0.5, 0.6) is 0 Å². The van der Waals surface area contributed by atoms with Gasteiger partial charge in [-0.25, -0.2) is 0 Å². The minimum absolute atomic E-state index is 0.246. The smallest absolute Gasteiger partial charge is 0.230 e. The van der Waals surface area contributed by atoms with Gasteiger partial charge in [0.25, 0.3) is 0 Å². The van der Waals surface area contributed by atoms with E-state index in [0.29, 0.717) is 12.5 Å². The molecule has 6 heteroatoms. The highest BCUT2D eigenvalue weighted by Crippen LogP contribution is 2.38. The van der Waals surface area contributed by atoms with Crippen LogP contribution in [-0.2, 0) is 4.79 Å². The Hall–Kier alpha value is -1.30. The summed E-state index contributed by atoms with van der Waals surface area (Å²) in [6.45, 7) is 3.94. The molecular weight excluding hydrogens is 290 g/mol. The number of amides is 1. The van der Waals surface area contributed by atoms with Gasteiger partial charge in [0, 0.05) is 40.8 Å². The first-order valence-electron chi connectivity index (χ1n) is 8.82. The monoisotopic (exact) mass is 323 g/mol. The number of hydrogen-bond donors (Lipinski definition) is 2. The van der Waals surface area contributed by atoms with Crippen LogP contribution in [0, 0.1) is 11.3 Å². The summed E-state index contributed by atoms with van der Waals surface area (Å²) in [5, 5.41) is 6.83. The number of aliphatic imine (C=N–C) groups is 1. The van der Waals surface area contributed by atoms with Gasteiger partial charge in [-0.05, 0) is 38.8 Å². The Kier molecular flexibility index (Phi) is 6.27. The number of carbonyl (C=O) groups excluding carboxylic acids is 1. The zero-order valence-electron chi connectivity index (χ0n) is 15.2. The molecule has 1 aliphatic heterocycles. The average Bonchev–Trinajstić information content (AvgIpc) is 3.16. The van der Waals surface area contributed by atoms with Gasteiger partial charge >= 0.3 is 0 Å². The number of nitrogens with zero attached hydrogens (tertiary/aromatic N) is 3. The first kappa shape index (κ1) is 18.0. The van der Waals surface area contributed by atoms with Gasteiger partial charge in [-0.3, -0.25) is 9.79 Å². The third-order valence-electron chi connectivity index (χ3n) is 5.29. The summed E-state index contributed by atoms with van der Waals surface area (Å²) < 4.78 is 0. The Morgan fingerprint density at radius 3 is 2.52 bits per heavy atom. The third kappa shape index (κ3) is 4.59. The number of nitrogens with one attached hydrogen (secondary N) is 2. The number of likely N-dealkylation sites (tertiary alicyclic amines) is 1. The van der Waals surface area contributed by atoms with Crippen molar-refractivity contribution in [3.63, 3.8) is 0 Å². The molecule has 1 amide bonds. The van der Waals surface area contributed by atoms with Crippen molar-refractivity contribution in [1.82, 2.24) is 20.4 Å². The Labute approximate surface area is 140 Å². The summed E-state index contributed by atoms with van der Waals surface area (Å²) in [4.78, 5) is 21.0. The van der Waals surface area contributed by atoms with Crippen molar-refractivity contribution in [3.8, 4) is 0 Å². The minimum Gasteiger partial charge on any atom is -0.356 e. The molecule has 1 saturated heterocycles. The summed E-state index contributed by atoms with van der Waals surface area (Å²) in [6, 6.07) is 0. The van der Waals surface area contributed by atoms with Crippen LogP contribution < -0.4 is 10.6 Å². The van der Waals surface area contributed by atoms with Crippen molar-refractivity contribution in [2.75, 3.05) is 54.4 Å². The molecule has 2 aliphatic rings. The summed E-state index contributed by atoms with van der Waals surface area (Å²) in [6.07, 6.45) is 5.47. The normalized spacial score (nSPS) is 24.7. The van der Waals surface area contributed by atoms with Crippen LogP contribution in [0.4, 0.5) is 0 Å². The average molecular weight is 323 g/mol. The highest BCUT2D eigenvalue weighted by molar-refractivity contribution is 5.85. The topological polar surface area (TPSA) is 60.0 Å². The molecule has 6 nitrogen and oxygen atoms in total. The summed E-state index contributed by atoms with van der Waals surface area (Å²) in [5.41, 5.74) is -0.255. The van der Waals surface area contributed by atoms with Crippen LogP contribution in [0.3, 0.4) is 0 Å². The molecule has 0 aromatic carbocycles. The summed E-state index contributed by atoms with van der Waals surface area (Å²) >= 11 is 0. The fourth-order valence-electron chi connectivity index (χ4n) is 3.90. The Morgan fingerprint density at radius 1 is 1.30 bits per heavy atom. The molecule has 23 heavy (non-hydrogen) atoms. The lowest BCUT2D eigenvalue weighted by Gasteiger charge is -2.31. The second-order valence-corrected chi connectivity index (χ2v) is 7.41. The fraction of sp³-hybridized carbons (Fsp3) is 0.882. The SMILES string of the molecule is CN=C(NCC1CCN(C)C1)NCC1(C(=O)N(C)C)CCCC1. The van der Waals surface area contributed by atoms with E-state index in [9.17, 15) is 4.79 Å². The molecule has 2 fully saturated rings. The highest BCUT2D eigenvalue weighted by Gasteiger charge is 2.42. The predicted octanol–water partition coefficient (Wildman–Crippen LogP) is 0.752. The summed E-state index contributed by atoms with van der Waals surface area (Å²) in [5.74, 6) is 1.75. The number of carbonyl (C=O) groups is 1. The molecule has 0 spiro atoms. The van der Waals surface area contributed by atoms with Gasteiger partial charge in [0.1, 0.15) is 0 Å². The lowest BCUT2D eigenvalue weighted by molar-refractivity contribution is -0.138. The first-order chi connectivity index (χ1) is 11.0. The second-order valence-electron chi connectivity index (χ2n) is 7.41. The van der Waals surface area contributed by atoms with Crippen molar-refractivity contribution in [3.05, 3.63) is 0 Å². The lowest BCUT2D eigenvalue weighted by atomic mass is 9.84. The predicted molar refractivity (Wildman–Crippen MR) is 94.6 cm³/mol. The minimum atomic E-state index is -0.255. The van der Waals surface area contributed by atoms with Gasteiger partial charge in [-0.2, -0.15) is 0 Å². The van der Waals surface area contributed by atoms with Crippen LogP contribution in [0.1, 0.15) is 32.1 Å². The molecule has 1 saturated carbocycles. The number of hydrogen-bond acceptors (Lipinski definition) is 3. The van der Waals surface area contributed by atoms with E-state index in [-0.39, 0.29) is 11.3 Å². The number of guanidine groups is 1. The van der Waals surface area contributed by atoms with Crippen molar-refractivity contribution < 1.29 is 4.79 Å². The van der Waals surface area contributed by atoms with Crippen LogP contribution in [0.25, 0.3) is 0 Å². The van der Waals surface area contributed by atoms with Crippen LogP contribution >= 0.6 is 0 Å². The van der Waals surface area contributed by atoms with E-state index in [0.717, 1.165) is 44.7 Å². The van der Waals surface area contributed by atoms with Crippen molar-refractivity contribution in [1.29, 1.82) is 0 Å². The van der Waals surface area contributed by atoms with E-state index in [4.69, 9.17) is 0 Å². The van der Waals surface area contributed by atoms with Crippen LogP contribution in [0.15, 0.2) is 4.99 Å². The molecule has 1 aliphatic carbocycles. The first-order valence-corrected chi connectivity index (χ1v) is 8.82. The maximum absolute atomic E-state index is 12.6. The van der Waals surface area contributed by atoms with Gasteiger partial charge in [-0.15, -0.1) is 0 Å². The Morgan fingerprint density at radius 2 is 2.00 bits per heavy atom. The lowest BCUT2D eigenvalue weighted by Crippen LogP contribution is -2.49. The van der Waals surface area contributed by atoms with Gasteiger partial charge in [0.05, 0.1) is 5.41 Å². The summed E-state index contributed by atoms with van der Waals surface area (Å²) in [7, 11) is 7.67. The molecule has 2 rings (SSSR count). The van der Waals surface area contributed by atoms with E-state index in [1.54, 1.807) is 11.9 Å². The van der Waals surface area contributed by atoms with Gasteiger partial charge in [0.15, 0.2) is 5.96 Å². The second kappa shape index (κ2) is 7.99. The van der Waals surface area contributed by atoms with Gasteiger partial charge < -0.3 is 20.4 Å². The molecular formula is C17H33N5O. The van der Waals surface area contributed by atoms with E-state index >= 15 is 0 Å². The van der Waals surface area contributed by atoms with E-state index in [2.05, 4.69) is 27.6 Å².